The van der Waals surface area contributed by atoms with Crippen molar-refractivity contribution in [2.75, 3.05) is 20.2 Å². The van der Waals surface area contributed by atoms with Crippen LogP contribution in [0, 0.1) is 24.5 Å². The third-order valence-corrected chi connectivity index (χ3v) is 7.21. The fourth-order valence-corrected chi connectivity index (χ4v) is 4.36. The molecule has 0 fully saturated rings. The number of rotatable bonds is 11. The number of ether oxygens (including phenoxy) is 2. The third kappa shape index (κ3) is 9.16. The van der Waals surface area contributed by atoms with E-state index in [4.69, 9.17) is 14.3 Å². The number of carbonyl (C=O) groups is 2. The summed E-state index contributed by atoms with van der Waals surface area (Å²) in [6, 6.07) is 15.8. The lowest BCUT2D eigenvalue weighted by Crippen LogP contribution is -2.35. The fraction of sp³-hybridized carbons (Fsp3) is 0.393. The van der Waals surface area contributed by atoms with Gasteiger partial charge in [-0.2, -0.15) is 5.10 Å². The quantitative estimate of drug-likeness (QED) is 0.108. The Morgan fingerprint density at radius 1 is 1.12 bits per heavy atom. The van der Waals surface area contributed by atoms with E-state index in [1.165, 1.54) is 26.1 Å². The molecule has 43 heavy (non-hydrogen) atoms. The van der Waals surface area contributed by atoms with Gasteiger partial charge in [-0.15, -0.1) is 5.01 Å². The van der Waals surface area contributed by atoms with Crippen LogP contribution in [0.3, 0.4) is 0 Å². The van der Waals surface area contributed by atoms with Crippen molar-refractivity contribution in [3.8, 4) is 16.9 Å². The summed E-state index contributed by atoms with van der Waals surface area (Å²) in [5, 5.41) is 20.8. The summed E-state index contributed by atoms with van der Waals surface area (Å²) in [5.41, 5.74) is 3.58. The van der Waals surface area contributed by atoms with E-state index in [1.807, 2.05) is 48.9 Å². The molecule has 3 rings (SSSR count). The number of esters is 1. The molecular formula is C28H36N6O8S. The lowest BCUT2D eigenvalue weighted by molar-refractivity contribution is -0.707. The molecule has 1 N–H and O–H groups in total. The van der Waals surface area contributed by atoms with E-state index >= 15 is 0 Å². The molecule has 15 heteroatoms. The number of nitrogens with zero attached hydrogens (tertiary/aromatic N) is 5. The Kier molecular flexibility index (Phi) is 10.3. The number of hydrogen-bond donors (Lipinski definition) is 1. The van der Waals surface area contributed by atoms with Crippen LogP contribution in [-0.4, -0.2) is 66.7 Å². The minimum absolute atomic E-state index is 0.0618. The highest BCUT2D eigenvalue weighted by Gasteiger charge is 2.26. The number of aryl methyl sites for hydroxylation is 2. The van der Waals surface area contributed by atoms with E-state index in [1.54, 1.807) is 37.6 Å². The van der Waals surface area contributed by atoms with Crippen LogP contribution in [0.1, 0.15) is 39.0 Å². The SMILES string of the molecule is Cc1ccc(-c2cc(C)nn2-c2ccc(S(=O)(=O)NC(=O)OCCN(C)/[N+]([O-])=N/OC(C)OC(=O)C(C)(C)C)cc2)cc1. The zero-order valence-corrected chi connectivity index (χ0v) is 25.9. The van der Waals surface area contributed by atoms with Crippen molar-refractivity contribution in [3.63, 3.8) is 0 Å². The highest BCUT2D eigenvalue weighted by atomic mass is 32.2. The molecule has 0 aliphatic heterocycles. The molecule has 0 aliphatic carbocycles. The second-order valence-corrected chi connectivity index (χ2v) is 12.4. The maximum absolute atomic E-state index is 12.7. The summed E-state index contributed by atoms with van der Waals surface area (Å²) < 4.78 is 38.9. The van der Waals surface area contributed by atoms with Crippen molar-refractivity contribution in [2.24, 2.45) is 10.7 Å². The average molecular weight is 617 g/mol. The van der Waals surface area contributed by atoms with Crippen LogP contribution in [-0.2, 0) is 29.1 Å². The third-order valence-electron chi connectivity index (χ3n) is 5.88. The number of amides is 1. The van der Waals surface area contributed by atoms with Crippen LogP contribution in [0.5, 0.6) is 0 Å². The van der Waals surface area contributed by atoms with Gasteiger partial charge in [0, 0.05) is 12.5 Å². The van der Waals surface area contributed by atoms with Gasteiger partial charge in [0.25, 0.3) is 16.3 Å². The summed E-state index contributed by atoms with van der Waals surface area (Å²) in [6.45, 7) is 9.75. The summed E-state index contributed by atoms with van der Waals surface area (Å²) in [4.78, 5) is 28.8. The number of hydrazine groups is 1. The summed E-state index contributed by atoms with van der Waals surface area (Å²) in [6.07, 6.45) is -2.34. The van der Waals surface area contributed by atoms with Crippen LogP contribution >= 0.6 is 0 Å². The fourth-order valence-electron chi connectivity index (χ4n) is 3.46. The Morgan fingerprint density at radius 2 is 1.74 bits per heavy atom. The molecule has 1 unspecified atom stereocenters. The Labute approximate surface area is 250 Å². The van der Waals surface area contributed by atoms with Crippen molar-refractivity contribution in [1.82, 2.24) is 19.5 Å². The molecule has 0 radical (unpaired) electrons. The lowest BCUT2D eigenvalue weighted by Gasteiger charge is -2.19. The Morgan fingerprint density at radius 3 is 2.35 bits per heavy atom. The first-order valence-electron chi connectivity index (χ1n) is 13.3. The number of sulfonamides is 1. The molecule has 1 aromatic heterocycles. The minimum Gasteiger partial charge on any atom is -0.569 e. The molecule has 1 atom stereocenters. The van der Waals surface area contributed by atoms with Gasteiger partial charge in [-0.05, 0) is 65.0 Å². The van der Waals surface area contributed by atoms with Crippen molar-refractivity contribution in [2.45, 2.75) is 52.7 Å². The van der Waals surface area contributed by atoms with E-state index in [9.17, 15) is 23.2 Å². The molecule has 3 aromatic rings. The summed E-state index contributed by atoms with van der Waals surface area (Å²) >= 11 is 0. The normalized spacial score (nSPS) is 12.8. The van der Waals surface area contributed by atoms with E-state index in [0.29, 0.717) is 5.69 Å². The van der Waals surface area contributed by atoms with E-state index in [-0.39, 0.29) is 23.0 Å². The van der Waals surface area contributed by atoms with Crippen LogP contribution in [0.25, 0.3) is 16.9 Å². The first-order chi connectivity index (χ1) is 20.1. The van der Waals surface area contributed by atoms with Gasteiger partial charge in [-0.25, -0.2) is 22.6 Å². The van der Waals surface area contributed by atoms with E-state index in [0.717, 1.165) is 27.5 Å². The van der Waals surface area contributed by atoms with Crippen molar-refractivity contribution in [3.05, 3.63) is 71.1 Å². The van der Waals surface area contributed by atoms with Gasteiger partial charge in [0.2, 0.25) is 5.28 Å². The van der Waals surface area contributed by atoms with Crippen LogP contribution in [0.15, 0.2) is 64.8 Å². The Hall–Kier alpha value is -4.66. The molecule has 2 aromatic carbocycles. The largest absolute Gasteiger partial charge is 0.569 e. The van der Waals surface area contributed by atoms with Crippen LogP contribution in [0.2, 0.25) is 0 Å². The molecule has 0 aliphatic rings. The average Bonchev–Trinajstić information content (AvgIpc) is 3.32. The molecule has 0 saturated heterocycles. The van der Waals surface area contributed by atoms with Gasteiger partial charge in [0.15, 0.2) is 0 Å². The van der Waals surface area contributed by atoms with Crippen molar-refractivity contribution < 1.29 is 37.3 Å². The predicted octanol–water partition coefficient (Wildman–Crippen LogP) is 4.25. The maximum atomic E-state index is 12.7. The van der Waals surface area contributed by atoms with Crippen molar-refractivity contribution >= 4 is 22.1 Å². The highest BCUT2D eigenvalue weighted by Crippen LogP contribution is 2.25. The molecule has 0 bridgehead atoms. The van der Waals surface area contributed by atoms with Crippen LogP contribution in [0.4, 0.5) is 4.79 Å². The maximum Gasteiger partial charge on any atom is 0.421 e. The van der Waals surface area contributed by atoms with Gasteiger partial charge in [0.05, 0.1) is 39.4 Å². The van der Waals surface area contributed by atoms with E-state index in [2.05, 4.69) is 10.4 Å². The zero-order valence-electron chi connectivity index (χ0n) is 25.1. The molecular weight excluding hydrogens is 580 g/mol. The smallest absolute Gasteiger partial charge is 0.421 e. The zero-order chi connectivity index (χ0) is 31.9. The number of aromatic nitrogens is 2. The number of carbonyl (C=O) groups excluding carboxylic acids is 2. The number of hydrogen-bond acceptors (Lipinski definition) is 10. The summed E-state index contributed by atoms with van der Waals surface area (Å²) in [5.74, 6) is -0.536. The minimum atomic E-state index is -4.25. The topological polar surface area (TPSA) is 167 Å². The van der Waals surface area contributed by atoms with Gasteiger partial charge in [-0.1, -0.05) is 29.8 Å². The molecule has 0 saturated carbocycles. The first-order valence-corrected chi connectivity index (χ1v) is 14.7. The first kappa shape index (κ1) is 32.8. The number of likely N-dealkylation sites (N-methyl/N-ethyl adjacent to an activating group) is 1. The monoisotopic (exact) mass is 616 g/mol. The van der Waals surface area contributed by atoms with Crippen LogP contribution < -0.4 is 4.72 Å². The predicted molar refractivity (Wildman–Crippen MR) is 155 cm³/mol. The summed E-state index contributed by atoms with van der Waals surface area (Å²) in [7, 11) is -2.92. The van der Waals surface area contributed by atoms with Gasteiger partial charge < -0.3 is 14.7 Å². The second kappa shape index (κ2) is 13.5. The van der Waals surface area contributed by atoms with Crippen molar-refractivity contribution in [1.29, 1.82) is 0 Å². The Balaban J connectivity index is 1.53. The van der Waals surface area contributed by atoms with E-state index < -0.39 is 33.8 Å². The Bertz CT molecular complexity index is 1560. The number of nitrogens with one attached hydrogen (secondary N) is 1. The number of benzene rings is 2. The van der Waals surface area contributed by atoms with Gasteiger partial charge in [0.1, 0.15) is 13.2 Å². The van der Waals surface area contributed by atoms with Gasteiger partial charge >= 0.3 is 12.1 Å². The van der Waals surface area contributed by atoms with Gasteiger partial charge in [-0.3, -0.25) is 9.63 Å². The lowest BCUT2D eigenvalue weighted by atomic mass is 9.97. The molecule has 14 nitrogen and oxygen atoms in total. The highest BCUT2D eigenvalue weighted by molar-refractivity contribution is 7.90. The molecule has 232 valence electrons. The molecule has 1 amide bonds. The molecule has 1 heterocycles. The second-order valence-electron chi connectivity index (χ2n) is 10.7. The molecule has 0 spiro atoms. The standard InChI is InChI=1S/C28H36N6O8S/c1-19-8-10-22(11-9-19)25-18-20(2)29-33(25)23-12-14-24(15-13-23)43(38,39)30-27(36)40-17-16-32(7)34(37)31-42-21(3)41-26(35)28(4,5)6/h8-15,18,21H,16-17H2,1-7H3,(H,30,36)/b34-31-.